The zero-order chi connectivity index (χ0) is 15.6. The number of nitrogens with two attached hydrogens (primary N) is 1. The number of hydrogen-bond acceptors (Lipinski definition) is 5. The van der Waals surface area contributed by atoms with E-state index in [0.717, 1.165) is 6.26 Å². The second-order valence-electron chi connectivity index (χ2n) is 5.17. The number of nitrogens with one attached hydrogen (secondary N) is 1. The second kappa shape index (κ2) is 5.70. The fraction of sp³-hybridized carbons (Fsp3) is 0.462. The van der Waals surface area contributed by atoms with Crippen molar-refractivity contribution in [3.8, 4) is 5.75 Å². The summed E-state index contributed by atoms with van der Waals surface area (Å²) in [7, 11) is -1.77. The molecule has 1 rings (SSSR count). The molecule has 0 heterocycles. The summed E-state index contributed by atoms with van der Waals surface area (Å²) in [5.41, 5.74) is 6.42. The molecule has 7 heteroatoms. The number of carbonyl (C=O) groups excluding carboxylic acids is 1. The van der Waals surface area contributed by atoms with Gasteiger partial charge < -0.3 is 15.8 Å². The van der Waals surface area contributed by atoms with E-state index in [2.05, 4.69) is 5.32 Å². The van der Waals surface area contributed by atoms with Crippen LogP contribution in [0, 0.1) is 0 Å². The third-order valence-corrected chi connectivity index (χ3v) is 5.32. The van der Waals surface area contributed by atoms with Crippen molar-refractivity contribution in [1.82, 2.24) is 5.32 Å². The van der Waals surface area contributed by atoms with Crippen LogP contribution < -0.4 is 15.8 Å². The number of hydrogen-bond donors (Lipinski definition) is 2. The zero-order valence-electron chi connectivity index (χ0n) is 12.1. The Labute approximate surface area is 119 Å². The fourth-order valence-electron chi connectivity index (χ4n) is 1.40. The molecule has 1 aromatic rings. The van der Waals surface area contributed by atoms with Crippen molar-refractivity contribution < 1.29 is 17.9 Å². The molecule has 20 heavy (non-hydrogen) atoms. The first-order chi connectivity index (χ1) is 9.08. The van der Waals surface area contributed by atoms with Gasteiger partial charge in [0.05, 0.1) is 17.5 Å². The highest BCUT2D eigenvalue weighted by Crippen LogP contribution is 2.22. The van der Waals surface area contributed by atoms with E-state index >= 15 is 0 Å². The normalized spacial score (nSPS) is 12.0. The molecule has 0 atom stereocenters. The molecule has 0 aromatic heterocycles. The monoisotopic (exact) mass is 300 g/mol. The fourth-order valence-corrected chi connectivity index (χ4v) is 1.74. The molecule has 1 aromatic carbocycles. The number of anilines is 1. The summed E-state index contributed by atoms with van der Waals surface area (Å²) < 4.78 is 27.1. The maximum Gasteiger partial charge on any atom is 0.251 e. The molecule has 6 nitrogen and oxygen atoms in total. The third kappa shape index (κ3) is 3.63. The van der Waals surface area contributed by atoms with E-state index < -0.39 is 14.6 Å². The molecule has 0 aliphatic heterocycles. The summed E-state index contributed by atoms with van der Waals surface area (Å²) in [4.78, 5) is 12.0. The number of methoxy groups -OCH3 is 1. The minimum absolute atomic E-state index is 0.0244. The Hall–Kier alpha value is -1.76. The maximum atomic E-state index is 12.0. The molecular weight excluding hydrogens is 280 g/mol. The average Bonchev–Trinajstić information content (AvgIpc) is 2.34. The first-order valence-electron chi connectivity index (χ1n) is 6.00. The van der Waals surface area contributed by atoms with Crippen molar-refractivity contribution in [3.63, 3.8) is 0 Å². The van der Waals surface area contributed by atoms with E-state index in [9.17, 15) is 13.2 Å². The Morgan fingerprint density at radius 2 is 2.00 bits per heavy atom. The van der Waals surface area contributed by atoms with Crippen molar-refractivity contribution in [2.45, 2.75) is 18.6 Å². The van der Waals surface area contributed by atoms with Gasteiger partial charge >= 0.3 is 0 Å². The number of benzene rings is 1. The Kier molecular flexibility index (Phi) is 4.65. The quantitative estimate of drug-likeness (QED) is 0.785. The Balaban J connectivity index is 2.81. The Bertz CT molecular complexity index is 609. The van der Waals surface area contributed by atoms with Crippen LogP contribution in [0.3, 0.4) is 0 Å². The van der Waals surface area contributed by atoms with Crippen molar-refractivity contribution in [1.29, 1.82) is 0 Å². The van der Waals surface area contributed by atoms with E-state index in [1.807, 2.05) is 0 Å². The topological polar surface area (TPSA) is 98.5 Å². The van der Waals surface area contributed by atoms with E-state index in [1.165, 1.54) is 13.2 Å². The maximum absolute atomic E-state index is 12.0. The lowest BCUT2D eigenvalue weighted by atomic mass is 10.1. The summed E-state index contributed by atoms with van der Waals surface area (Å²) in [6.45, 7) is 3.15. The molecule has 0 aliphatic carbocycles. The van der Waals surface area contributed by atoms with Crippen LogP contribution in [0.15, 0.2) is 18.2 Å². The van der Waals surface area contributed by atoms with Gasteiger partial charge in [0.25, 0.3) is 5.91 Å². The summed E-state index contributed by atoms with van der Waals surface area (Å²) in [5, 5.41) is 2.60. The van der Waals surface area contributed by atoms with Gasteiger partial charge in [0, 0.05) is 18.4 Å². The Morgan fingerprint density at radius 3 is 2.45 bits per heavy atom. The molecule has 0 fully saturated rings. The highest BCUT2D eigenvalue weighted by molar-refractivity contribution is 7.92. The van der Waals surface area contributed by atoms with Crippen molar-refractivity contribution >= 4 is 21.4 Å². The SMILES string of the molecule is COc1ccc(C(=O)NCC(C)(C)S(C)(=O)=O)cc1N. The van der Waals surface area contributed by atoms with E-state index in [0.29, 0.717) is 17.0 Å². The van der Waals surface area contributed by atoms with Crippen molar-refractivity contribution in [2.75, 3.05) is 25.6 Å². The number of sulfone groups is 1. The highest BCUT2D eigenvalue weighted by Gasteiger charge is 2.30. The summed E-state index contributed by atoms with van der Waals surface area (Å²) in [6.07, 6.45) is 1.14. The molecule has 0 aliphatic rings. The Morgan fingerprint density at radius 1 is 1.40 bits per heavy atom. The number of carbonyl (C=O) groups is 1. The van der Waals surface area contributed by atoms with Gasteiger partial charge in [-0.3, -0.25) is 4.79 Å². The lowest BCUT2D eigenvalue weighted by Gasteiger charge is -2.22. The summed E-state index contributed by atoms with van der Waals surface area (Å²) >= 11 is 0. The lowest BCUT2D eigenvalue weighted by Crippen LogP contribution is -2.43. The summed E-state index contributed by atoms with van der Waals surface area (Å²) in [6, 6.07) is 4.64. The predicted molar refractivity (Wildman–Crippen MR) is 78.7 cm³/mol. The average molecular weight is 300 g/mol. The molecular formula is C13H20N2O4S. The number of nitrogen functional groups attached to an aromatic ring is 1. The lowest BCUT2D eigenvalue weighted by molar-refractivity contribution is 0.0950. The highest BCUT2D eigenvalue weighted by atomic mass is 32.2. The molecule has 3 N–H and O–H groups in total. The molecule has 0 saturated heterocycles. The van der Waals surface area contributed by atoms with Gasteiger partial charge in [-0.15, -0.1) is 0 Å². The van der Waals surface area contributed by atoms with Gasteiger partial charge in [-0.1, -0.05) is 0 Å². The molecule has 112 valence electrons. The molecule has 0 bridgehead atoms. The molecule has 0 spiro atoms. The second-order valence-corrected chi connectivity index (χ2v) is 7.82. The minimum Gasteiger partial charge on any atom is -0.495 e. The first kappa shape index (κ1) is 16.3. The summed E-state index contributed by atoms with van der Waals surface area (Å²) in [5.74, 6) is 0.106. The van der Waals surface area contributed by atoms with Crippen LogP contribution >= 0.6 is 0 Å². The minimum atomic E-state index is -3.26. The van der Waals surface area contributed by atoms with Crippen LogP contribution in [0.4, 0.5) is 5.69 Å². The van der Waals surface area contributed by atoms with Crippen molar-refractivity contribution in [3.05, 3.63) is 23.8 Å². The molecule has 0 saturated carbocycles. The molecule has 0 radical (unpaired) electrons. The largest absolute Gasteiger partial charge is 0.495 e. The van der Waals surface area contributed by atoms with Gasteiger partial charge in [-0.2, -0.15) is 0 Å². The number of ether oxygens (including phenoxy) is 1. The van der Waals surface area contributed by atoms with E-state index in [4.69, 9.17) is 10.5 Å². The predicted octanol–water partition coefficient (Wildman–Crippen LogP) is 0.830. The van der Waals surface area contributed by atoms with Crippen LogP contribution in [0.5, 0.6) is 5.75 Å². The molecule has 0 unspecified atom stereocenters. The molecule has 1 amide bonds. The van der Waals surface area contributed by atoms with Crippen LogP contribution in [0.1, 0.15) is 24.2 Å². The van der Waals surface area contributed by atoms with Gasteiger partial charge in [0.1, 0.15) is 5.75 Å². The smallest absolute Gasteiger partial charge is 0.251 e. The van der Waals surface area contributed by atoms with Crippen molar-refractivity contribution in [2.24, 2.45) is 0 Å². The van der Waals surface area contributed by atoms with Crippen LogP contribution in [0.25, 0.3) is 0 Å². The van der Waals surface area contributed by atoms with E-state index in [-0.39, 0.29) is 12.5 Å². The van der Waals surface area contributed by atoms with E-state index in [1.54, 1.807) is 26.0 Å². The third-order valence-electron chi connectivity index (χ3n) is 3.17. The van der Waals surface area contributed by atoms with Crippen LogP contribution in [-0.2, 0) is 9.84 Å². The number of rotatable bonds is 5. The van der Waals surface area contributed by atoms with Gasteiger partial charge in [-0.05, 0) is 32.0 Å². The van der Waals surface area contributed by atoms with Gasteiger partial charge in [0.15, 0.2) is 9.84 Å². The zero-order valence-corrected chi connectivity index (χ0v) is 12.9. The van der Waals surface area contributed by atoms with Crippen LogP contribution in [-0.4, -0.2) is 39.0 Å². The van der Waals surface area contributed by atoms with Crippen LogP contribution in [0.2, 0.25) is 0 Å². The van der Waals surface area contributed by atoms with Gasteiger partial charge in [0.2, 0.25) is 0 Å². The first-order valence-corrected chi connectivity index (χ1v) is 7.89. The number of amides is 1. The standard InChI is InChI=1S/C13H20N2O4S/c1-13(2,20(4,17)18)8-15-12(16)9-5-6-11(19-3)10(14)7-9/h5-7H,8,14H2,1-4H3,(H,15,16). The van der Waals surface area contributed by atoms with Gasteiger partial charge in [-0.25, -0.2) is 8.42 Å².